The van der Waals surface area contributed by atoms with Gasteiger partial charge in [-0.05, 0) is 19.3 Å². The minimum absolute atomic E-state index is 0.292. The predicted molar refractivity (Wildman–Crippen MR) is 27.7 cm³/mol. The summed E-state index contributed by atoms with van der Waals surface area (Å²) < 4.78 is 0. The molecule has 7 heavy (non-hydrogen) atoms. The quantitative estimate of drug-likeness (QED) is 0.449. The highest BCUT2D eigenvalue weighted by Crippen LogP contribution is 2.20. The van der Waals surface area contributed by atoms with Crippen LogP contribution in [0.4, 0.5) is 0 Å². The smallest absolute Gasteiger partial charge is 0.123 e. The van der Waals surface area contributed by atoms with Gasteiger partial charge < -0.3 is 4.79 Å². The van der Waals surface area contributed by atoms with Crippen LogP contribution in [0.3, 0.4) is 0 Å². The molecule has 0 heterocycles. The van der Waals surface area contributed by atoms with Crippen molar-refractivity contribution in [2.45, 2.75) is 19.3 Å². The Morgan fingerprint density at radius 1 is 1.71 bits per heavy atom. The molecule has 1 saturated carbocycles. The van der Waals surface area contributed by atoms with Crippen LogP contribution in [-0.4, -0.2) is 6.29 Å². The van der Waals surface area contributed by atoms with Gasteiger partial charge in [0.05, 0.1) is 0 Å². The maximum absolute atomic E-state index is 9.98. The van der Waals surface area contributed by atoms with Crippen LogP contribution >= 0.6 is 0 Å². The molecule has 1 nitrogen and oxygen atoms in total. The third kappa shape index (κ3) is 1.02. The third-order valence-corrected chi connectivity index (χ3v) is 1.39. The Morgan fingerprint density at radius 3 is 2.86 bits per heavy atom. The zero-order valence-electron chi connectivity index (χ0n) is 4.26. The third-order valence-electron chi connectivity index (χ3n) is 1.39. The van der Waals surface area contributed by atoms with Gasteiger partial charge in [0.1, 0.15) is 6.29 Å². The molecule has 1 aliphatic carbocycles. The Kier molecular flexibility index (Phi) is 1.45. The molecule has 0 amide bonds. The van der Waals surface area contributed by atoms with Crippen LogP contribution in [0.5, 0.6) is 0 Å². The number of carbonyl (C=O) groups is 1. The summed E-state index contributed by atoms with van der Waals surface area (Å²) >= 11 is 0. The molecule has 39 valence electrons. The van der Waals surface area contributed by atoms with Crippen molar-refractivity contribution in [3.8, 4) is 0 Å². The van der Waals surface area contributed by atoms with Gasteiger partial charge in [-0.3, -0.25) is 0 Å². The lowest BCUT2D eigenvalue weighted by Crippen LogP contribution is -1.91. The summed E-state index contributed by atoms with van der Waals surface area (Å²) in [5.41, 5.74) is 0. The number of hydrogen-bond acceptors (Lipinski definition) is 1. The van der Waals surface area contributed by atoms with Gasteiger partial charge in [-0.2, -0.15) is 0 Å². The first-order chi connectivity index (χ1) is 3.43. The second kappa shape index (κ2) is 2.10. The molecule has 0 saturated heterocycles. The first-order valence-electron chi connectivity index (χ1n) is 2.72. The minimum atomic E-state index is 0.292. The zero-order valence-corrected chi connectivity index (χ0v) is 4.26. The fourth-order valence-corrected chi connectivity index (χ4v) is 0.927. The van der Waals surface area contributed by atoms with E-state index in [9.17, 15) is 4.79 Å². The molecular weight excluding hydrogens is 88.1 g/mol. The van der Waals surface area contributed by atoms with Gasteiger partial charge in [0, 0.05) is 5.92 Å². The lowest BCUT2D eigenvalue weighted by molar-refractivity contribution is -0.110. The second-order valence-electron chi connectivity index (χ2n) is 1.97. The minimum Gasteiger partial charge on any atom is -0.303 e. The molecular formula is C6H9O. The van der Waals surface area contributed by atoms with Crippen LogP contribution in [0.1, 0.15) is 19.3 Å². The van der Waals surface area contributed by atoms with Gasteiger partial charge in [0.25, 0.3) is 0 Å². The van der Waals surface area contributed by atoms with E-state index in [0.29, 0.717) is 5.92 Å². The molecule has 1 radical (unpaired) electrons. The SMILES string of the molecule is O=CC1[CH]CCC1. The largest absolute Gasteiger partial charge is 0.303 e. The highest BCUT2D eigenvalue weighted by molar-refractivity contribution is 5.56. The van der Waals surface area contributed by atoms with Gasteiger partial charge in [-0.15, -0.1) is 0 Å². The summed E-state index contributed by atoms with van der Waals surface area (Å²) in [6.07, 6.45) is 6.57. The molecule has 0 bridgehead atoms. The van der Waals surface area contributed by atoms with E-state index in [1.54, 1.807) is 0 Å². The highest BCUT2D eigenvalue weighted by Gasteiger charge is 2.12. The monoisotopic (exact) mass is 97.1 g/mol. The van der Waals surface area contributed by atoms with Crippen molar-refractivity contribution < 1.29 is 4.79 Å². The maximum Gasteiger partial charge on any atom is 0.123 e. The van der Waals surface area contributed by atoms with Crippen LogP contribution < -0.4 is 0 Å². The van der Waals surface area contributed by atoms with E-state index < -0.39 is 0 Å². The molecule has 1 heteroatoms. The normalized spacial score (nSPS) is 22.9. The standard InChI is InChI=1S/C6H9O/c7-5-6-3-1-2-4-6/h3,5-6H,1-2,4H2. The number of hydrogen-bond donors (Lipinski definition) is 0. The lowest BCUT2D eigenvalue weighted by Gasteiger charge is -1.89. The second-order valence-corrected chi connectivity index (χ2v) is 1.97. The van der Waals surface area contributed by atoms with E-state index in [-0.39, 0.29) is 0 Å². The van der Waals surface area contributed by atoms with Gasteiger partial charge in [0.2, 0.25) is 0 Å². The first-order valence-corrected chi connectivity index (χ1v) is 2.72. The number of aldehydes is 1. The van der Waals surface area contributed by atoms with Crippen LogP contribution in [0.25, 0.3) is 0 Å². The molecule has 1 fully saturated rings. The Bertz CT molecular complexity index is 62.6. The molecule has 1 atom stereocenters. The molecule has 0 aromatic heterocycles. The fraction of sp³-hybridized carbons (Fsp3) is 0.667. The van der Waals surface area contributed by atoms with Crippen molar-refractivity contribution in [3.05, 3.63) is 6.42 Å². The van der Waals surface area contributed by atoms with E-state index in [1.165, 1.54) is 6.42 Å². The van der Waals surface area contributed by atoms with Crippen molar-refractivity contribution in [2.75, 3.05) is 0 Å². The Balaban J connectivity index is 2.26. The molecule has 0 aliphatic heterocycles. The van der Waals surface area contributed by atoms with Crippen LogP contribution in [0, 0.1) is 12.3 Å². The number of rotatable bonds is 1. The average Bonchev–Trinajstić information content (AvgIpc) is 2.14. The molecule has 0 N–H and O–H groups in total. The highest BCUT2D eigenvalue weighted by atomic mass is 16.1. The van der Waals surface area contributed by atoms with E-state index in [0.717, 1.165) is 19.1 Å². The van der Waals surface area contributed by atoms with Crippen molar-refractivity contribution in [2.24, 2.45) is 5.92 Å². The average molecular weight is 97.1 g/mol. The van der Waals surface area contributed by atoms with Crippen molar-refractivity contribution in [1.29, 1.82) is 0 Å². The van der Waals surface area contributed by atoms with E-state index in [1.807, 2.05) is 0 Å². The van der Waals surface area contributed by atoms with E-state index in [2.05, 4.69) is 6.42 Å². The molecule has 0 aromatic carbocycles. The first kappa shape index (κ1) is 4.82. The Labute approximate surface area is 43.7 Å². The molecule has 0 spiro atoms. The van der Waals surface area contributed by atoms with E-state index in [4.69, 9.17) is 0 Å². The van der Waals surface area contributed by atoms with Crippen molar-refractivity contribution >= 4 is 6.29 Å². The van der Waals surface area contributed by atoms with Gasteiger partial charge in [0.15, 0.2) is 0 Å². The summed E-state index contributed by atoms with van der Waals surface area (Å²) in [5, 5.41) is 0. The summed E-state index contributed by atoms with van der Waals surface area (Å²) in [7, 11) is 0. The Hall–Kier alpha value is -0.330. The van der Waals surface area contributed by atoms with Crippen molar-refractivity contribution in [1.82, 2.24) is 0 Å². The summed E-state index contributed by atoms with van der Waals surface area (Å²) in [4.78, 5) is 9.98. The fourth-order valence-electron chi connectivity index (χ4n) is 0.927. The summed E-state index contributed by atoms with van der Waals surface area (Å²) in [6, 6.07) is 0. The van der Waals surface area contributed by atoms with Gasteiger partial charge in [-0.1, -0.05) is 6.42 Å². The number of carbonyl (C=O) groups excluding carboxylic acids is 1. The zero-order chi connectivity index (χ0) is 5.11. The van der Waals surface area contributed by atoms with Crippen LogP contribution in [0.2, 0.25) is 0 Å². The molecule has 0 aromatic rings. The van der Waals surface area contributed by atoms with Crippen LogP contribution in [0.15, 0.2) is 0 Å². The lowest BCUT2D eigenvalue weighted by atomic mass is 10.1. The predicted octanol–water partition coefficient (Wildman–Crippen LogP) is 1.19. The summed E-state index contributed by atoms with van der Waals surface area (Å²) in [6.45, 7) is 0. The topological polar surface area (TPSA) is 17.1 Å². The molecule has 1 unspecified atom stereocenters. The van der Waals surface area contributed by atoms with Crippen LogP contribution in [-0.2, 0) is 4.79 Å². The van der Waals surface area contributed by atoms with Crippen molar-refractivity contribution in [3.63, 3.8) is 0 Å². The maximum atomic E-state index is 9.98. The van der Waals surface area contributed by atoms with E-state index >= 15 is 0 Å². The molecule has 1 rings (SSSR count). The Morgan fingerprint density at radius 2 is 2.57 bits per heavy atom. The van der Waals surface area contributed by atoms with Gasteiger partial charge >= 0.3 is 0 Å². The molecule has 1 aliphatic rings. The van der Waals surface area contributed by atoms with Gasteiger partial charge in [-0.25, -0.2) is 0 Å². The summed E-state index contributed by atoms with van der Waals surface area (Å²) in [5.74, 6) is 0.292.